The molecule has 6 nitrogen and oxygen atoms in total. The van der Waals surface area contributed by atoms with Crippen molar-refractivity contribution >= 4 is 16.7 Å². The maximum absolute atomic E-state index is 13.6. The highest BCUT2D eigenvalue weighted by atomic mass is 19.4. The van der Waals surface area contributed by atoms with E-state index in [0.717, 1.165) is 39.9 Å². The van der Waals surface area contributed by atoms with Gasteiger partial charge in [0.25, 0.3) is 0 Å². The molecule has 4 aromatic rings. The molecule has 1 unspecified atom stereocenters. The van der Waals surface area contributed by atoms with Crippen molar-refractivity contribution in [2.24, 2.45) is 0 Å². The zero-order valence-electron chi connectivity index (χ0n) is 18.2. The Kier molecular flexibility index (Phi) is 5.36. The fourth-order valence-electron chi connectivity index (χ4n) is 4.58. The minimum atomic E-state index is -4.46. The summed E-state index contributed by atoms with van der Waals surface area (Å²) >= 11 is 0. The maximum Gasteiger partial charge on any atom is 0.416 e. The van der Waals surface area contributed by atoms with E-state index in [1.165, 1.54) is 12.1 Å². The highest BCUT2D eigenvalue weighted by Gasteiger charge is 2.34. The largest absolute Gasteiger partial charge is 0.416 e. The average molecular weight is 466 g/mol. The predicted molar refractivity (Wildman–Crippen MR) is 119 cm³/mol. The first-order valence-corrected chi connectivity index (χ1v) is 10.7. The number of halogens is 3. The lowest BCUT2D eigenvalue weighted by atomic mass is 9.85. The number of carbonyl (C=O) groups excluding carboxylic acids is 1. The zero-order valence-corrected chi connectivity index (χ0v) is 18.2. The van der Waals surface area contributed by atoms with Crippen LogP contribution < -0.4 is 0 Å². The zero-order chi connectivity index (χ0) is 24.0. The first-order chi connectivity index (χ1) is 16.2. The standard InChI is InChI=1S/C25H21F3N4O2/c1-14-8-20-11-19(13-33)31-32(20)24(16-3-5-18(6-4-16)25(26,27)28)23(14)22(34)10-15-2-7-21-17(9-15)12-29-30-21/h2-7,9,11-12,24,33H,8,10,13H2,1H3,(H,29,30). The molecule has 0 fully saturated rings. The van der Waals surface area contributed by atoms with Gasteiger partial charge in [0.15, 0.2) is 5.78 Å². The van der Waals surface area contributed by atoms with E-state index in [0.29, 0.717) is 23.3 Å². The Bertz CT molecular complexity index is 1410. The molecule has 34 heavy (non-hydrogen) atoms. The Balaban J connectivity index is 1.56. The van der Waals surface area contributed by atoms with Crippen LogP contribution in [0.5, 0.6) is 0 Å². The molecule has 2 aromatic carbocycles. The monoisotopic (exact) mass is 466 g/mol. The minimum Gasteiger partial charge on any atom is -0.390 e. The van der Waals surface area contributed by atoms with Gasteiger partial charge in [-0.1, -0.05) is 23.8 Å². The summed E-state index contributed by atoms with van der Waals surface area (Å²) in [6.07, 6.45) is -2.17. The quantitative estimate of drug-likeness (QED) is 0.452. The van der Waals surface area contributed by atoms with Crippen LogP contribution in [0.2, 0.25) is 0 Å². The number of hydrogen-bond donors (Lipinski definition) is 2. The number of rotatable bonds is 5. The Morgan fingerprint density at radius 1 is 1.18 bits per heavy atom. The van der Waals surface area contributed by atoms with Crippen LogP contribution in [0.15, 0.2) is 65.9 Å². The number of nitrogens with zero attached hydrogens (tertiary/aromatic N) is 3. The molecular weight excluding hydrogens is 445 g/mol. The predicted octanol–water partition coefficient (Wildman–Crippen LogP) is 4.54. The summed E-state index contributed by atoms with van der Waals surface area (Å²) in [6.45, 7) is 1.59. The fraction of sp³-hybridized carbons (Fsp3) is 0.240. The molecule has 2 aromatic heterocycles. The number of ketones is 1. The van der Waals surface area contributed by atoms with E-state index >= 15 is 0 Å². The number of Topliss-reactive ketones (excluding diaryl/α,β-unsaturated/α-hetero) is 1. The average Bonchev–Trinajstić information content (AvgIpc) is 3.43. The normalized spacial score (nSPS) is 16.2. The van der Waals surface area contributed by atoms with Gasteiger partial charge in [0.05, 0.1) is 29.6 Å². The molecule has 1 aliphatic rings. The molecule has 2 N–H and O–H groups in total. The highest BCUT2D eigenvalue weighted by molar-refractivity contribution is 5.99. The van der Waals surface area contributed by atoms with Gasteiger partial charge in [-0.05, 0) is 48.4 Å². The van der Waals surface area contributed by atoms with Gasteiger partial charge in [-0.25, -0.2) is 0 Å². The van der Waals surface area contributed by atoms with Crippen molar-refractivity contribution < 1.29 is 23.1 Å². The lowest BCUT2D eigenvalue weighted by Crippen LogP contribution is -2.28. The maximum atomic E-state index is 13.6. The number of H-pyrrole nitrogens is 1. The number of aromatic amines is 1. The van der Waals surface area contributed by atoms with Crippen molar-refractivity contribution in [3.8, 4) is 0 Å². The van der Waals surface area contributed by atoms with E-state index in [1.54, 1.807) is 16.9 Å². The lowest BCUT2D eigenvalue weighted by molar-refractivity contribution is -0.137. The number of hydrogen-bond acceptors (Lipinski definition) is 4. The van der Waals surface area contributed by atoms with E-state index in [-0.39, 0.29) is 18.8 Å². The number of fused-ring (bicyclic) bond motifs is 2. The lowest BCUT2D eigenvalue weighted by Gasteiger charge is -2.29. The first-order valence-electron chi connectivity index (χ1n) is 10.7. The molecular formula is C25H21F3N4O2. The van der Waals surface area contributed by atoms with E-state index in [4.69, 9.17) is 0 Å². The molecule has 1 aliphatic heterocycles. The van der Waals surface area contributed by atoms with Crippen LogP contribution in [0.25, 0.3) is 10.9 Å². The molecule has 0 saturated heterocycles. The summed E-state index contributed by atoms with van der Waals surface area (Å²) in [5.41, 5.74) is 4.02. The van der Waals surface area contributed by atoms with Gasteiger partial charge < -0.3 is 5.11 Å². The number of benzene rings is 2. The molecule has 0 radical (unpaired) electrons. The molecule has 0 spiro atoms. The molecule has 0 aliphatic carbocycles. The number of aliphatic hydroxyl groups is 1. The third kappa shape index (κ3) is 3.92. The second-order valence-electron chi connectivity index (χ2n) is 8.51. The topological polar surface area (TPSA) is 83.8 Å². The summed E-state index contributed by atoms with van der Waals surface area (Å²) in [7, 11) is 0. The molecule has 1 atom stereocenters. The second-order valence-corrected chi connectivity index (χ2v) is 8.51. The van der Waals surface area contributed by atoms with Crippen LogP contribution in [0.3, 0.4) is 0 Å². The minimum absolute atomic E-state index is 0.128. The molecule has 0 saturated carbocycles. The summed E-state index contributed by atoms with van der Waals surface area (Å²) in [6, 6.07) is 11.5. The van der Waals surface area contributed by atoms with Crippen molar-refractivity contribution in [3.05, 3.63) is 94.0 Å². The smallest absolute Gasteiger partial charge is 0.390 e. The Morgan fingerprint density at radius 2 is 1.94 bits per heavy atom. The van der Waals surface area contributed by atoms with Gasteiger partial charge >= 0.3 is 6.18 Å². The van der Waals surface area contributed by atoms with Crippen molar-refractivity contribution in [2.45, 2.75) is 38.6 Å². The molecule has 174 valence electrons. The summed E-state index contributed by atoms with van der Waals surface area (Å²) in [4.78, 5) is 13.6. The number of allylic oxidation sites excluding steroid dienone is 2. The third-order valence-corrected chi connectivity index (χ3v) is 6.17. The Labute approximate surface area is 192 Å². The first kappa shape index (κ1) is 22.1. The van der Waals surface area contributed by atoms with Gasteiger partial charge in [0.2, 0.25) is 0 Å². The van der Waals surface area contributed by atoms with Crippen LogP contribution in [0.1, 0.15) is 41.0 Å². The molecule has 0 bridgehead atoms. The summed E-state index contributed by atoms with van der Waals surface area (Å²) in [5.74, 6) is -0.128. The summed E-state index contributed by atoms with van der Waals surface area (Å²) in [5, 5.41) is 21.8. The number of aromatic nitrogens is 4. The molecule has 0 amide bonds. The van der Waals surface area contributed by atoms with E-state index in [9.17, 15) is 23.1 Å². The Morgan fingerprint density at radius 3 is 2.65 bits per heavy atom. The van der Waals surface area contributed by atoms with Gasteiger partial charge in [-0.15, -0.1) is 0 Å². The van der Waals surface area contributed by atoms with Crippen molar-refractivity contribution in [1.29, 1.82) is 0 Å². The molecule has 3 heterocycles. The molecule has 5 rings (SSSR count). The summed E-state index contributed by atoms with van der Waals surface area (Å²) < 4.78 is 41.0. The van der Waals surface area contributed by atoms with E-state index in [1.807, 2.05) is 25.1 Å². The molecule has 9 heteroatoms. The van der Waals surface area contributed by atoms with Crippen LogP contribution in [0, 0.1) is 0 Å². The van der Waals surface area contributed by atoms with Gasteiger partial charge in [-0.3, -0.25) is 14.6 Å². The Hall–Kier alpha value is -3.72. The van der Waals surface area contributed by atoms with Crippen LogP contribution in [-0.4, -0.2) is 30.9 Å². The third-order valence-electron chi connectivity index (χ3n) is 6.17. The van der Waals surface area contributed by atoms with E-state index in [2.05, 4.69) is 15.3 Å². The van der Waals surface area contributed by atoms with Crippen LogP contribution >= 0.6 is 0 Å². The van der Waals surface area contributed by atoms with Gasteiger partial charge in [0, 0.05) is 29.5 Å². The highest BCUT2D eigenvalue weighted by Crippen LogP contribution is 2.38. The van der Waals surface area contributed by atoms with Crippen molar-refractivity contribution in [3.63, 3.8) is 0 Å². The van der Waals surface area contributed by atoms with Crippen molar-refractivity contribution in [2.75, 3.05) is 0 Å². The fourth-order valence-corrected chi connectivity index (χ4v) is 4.58. The number of nitrogens with one attached hydrogen (secondary N) is 1. The van der Waals surface area contributed by atoms with Crippen LogP contribution in [0.4, 0.5) is 13.2 Å². The van der Waals surface area contributed by atoms with E-state index < -0.39 is 17.8 Å². The number of carbonyl (C=O) groups is 1. The van der Waals surface area contributed by atoms with Crippen molar-refractivity contribution in [1.82, 2.24) is 20.0 Å². The second kappa shape index (κ2) is 8.25. The number of aliphatic hydroxyl groups excluding tert-OH is 1. The van der Waals surface area contributed by atoms with Gasteiger partial charge in [-0.2, -0.15) is 23.4 Å². The SMILES string of the molecule is CC1=C(C(=O)Cc2ccc3[nH]ncc3c2)C(c2ccc(C(F)(F)F)cc2)n2nc(CO)cc2C1. The number of alkyl halides is 3. The van der Waals surface area contributed by atoms with Crippen LogP contribution in [-0.2, 0) is 30.4 Å². The van der Waals surface area contributed by atoms with Gasteiger partial charge in [0.1, 0.15) is 6.04 Å².